The molecule has 0 atom stereocenters. The summed E-state index contributed by atoms with van der Waals surface area (Å²) < 4.78 is 0. The van der Waals surface area contributed by atoms with Gasteiger partial charge in [-0.3, -0.25) is 9.88 Å². The Balaban J connectivity index is 1.92. The molecule has 1 aromatic rings. The van der Waals surface area contributed by atoms with Crippen LogP contribution in [0.3, 0.4) is 0 Å². The molecule has 0 spiro atoms. The lowest BCUT2D eigenvalue weighted by molar-refractivity contribution is 0.122. The van der Waals surface area contributed by atoms with Crippen molar-refractivity contribution in [3.8, 4) is 0 Å². The van der Waals surface area contributed by atoms with Crippen LogP contribution in [0.15, 0.2) is 18.3 Å². The van der Waals surface area contributed by atoms with E-state index in [1.165, 1.54) is 25.7 Å². The summed E-state index contributed by atoms with van der Waals surface area (Å²) >= 11 is 0. The lowest BCUT2D eigenvalue weighted by Gasteiger charge is -2.38. The number of nitrogens with one attached hydrogen (secondary N) is 1. The maximum atomic E-state index is 4.47. The van der Waals surface area contributed by atoms with Crippen LogP contribution in [-0.4, -0.2) is 30.0 Å². The van der Waals surface area contributed by atoms with Crippen LogP contribution in [0.5, 0.6) is 0 Å². The Labute approximate surface area is 117 Å². The highest BCUT2D eigenvalue weighted by Crippen LogP contribution is 2.36. The minimum absolute atomic E-state index is 0.543. The van der Waals surface area contributed by atoms with Gasteiger partial charge in [0, 0.05) is 31.5 Å². The van der Waals surface area contributed by atoms with Crippen molar-refractivity contribution in [3.05, 3.63) is 24.0 Å². The highest BCUT2D eigenvalue weighted by Gasteiger charge is 2.28. The van der Waals surface area contributed by atoms with Gasteiger partial charge < -0.3 is 5.32 Å². The van der Waals surface area contributed by atoms with Crippen molar-refractivity contribution in [2.75, 3.05) is 19.4 Å². The summed E-state index contributed by atoms with van der Waals surface area (Å²) in [5.41, 5.74) is 2.84. The summed E-state index contributed by atoms with van der Waals surface area (Å²) in [6, 6.07) is 4.86. The number of anilines is 1. The van der Waals surface area contributed by atoms with Gasteiger partial charge in [-0.05, 0) is 50.3 Å². The van der Waals surface area contributed by atoms with E-state index in [1.807, 2.05) is 19.3 Å². The zero-order valence-electron chi connectivity index (χ0n) is 12.7. The molecule has 1 saturated carbocycles. The topological polar surface area (TPSA) is 28.2 Å². The monoisotopic (exact) mass is 261 g/mol. The molecule has 1 heterocycles. The van der Waals surface area contributed by atoms with Gasteiger partial charge in [0.2, 0.25) is 0 Å². The predicted octanol–water partition coefficient (Wildman–Crippen LogP) is 3.52. The van der Waals surface area contributed by atoms with E-state index < -0.39 is 0 Å². The Morgan fingerprint density at radius 3 is 2.68 bits per heavy atom. The van der Waals surface area contributed by atoms with Gasteiger partial charge in [0.25, 0.3) is 0 Å². The van der Waals surface area contributed by atoms with E-state index in [9.17, 15) is 0 Å². The van der Waals surface area contributed by atoms with Crippen molar-refractivity contribution in [2.24, 2.45) is 5.41 Å². The van der Waals surface area contributed by atoms with E-state index in [-0.39, 0.29) is 0 Å². The Morgan fingerprint density at radius 1 is 1.37 bits per heavy atom. The molecule has 1 N–H and O–H groups in total. The van der Waals surface area contributed by atoms with Crippen LogP contribution in [0.25, 0.3) is 0 Å². The minimum Gasteiger partial charge on any atom is -0.388 e. The SMILES string of the molecule is CNc1ccnc(CN(C)C2CCC(C)(C)CC2)c1. The van der Waals surface area contributed by atoms with E-state index in [1.54, 1.807) is 0 Å². The molecule has 0 saturated heterocycles. The van der Waals surface area contributed by atoms with Crippen molar-refractivity contribution in [3.63, 3.8) is 0 Å². The summed E-state index contributed by atoms with van der Waals surface area (Å²) in [4.78, 5) is 6.94. The van der Waals surface area contributed by atoms with Crippen LogP contribution >= 0.6 is 0 Å². The van der Waals surface area contributed by atoms with Gasteiger partial charge in [-0.2, -0.15) is 0 Å². The van der Waals surface area contributed by atoms with Crippen LogP contribution in [-0.2, 0) is 6.54 Å². The van der Waals surface area contributed by atoms with Crippen molar-refractivity contribution < 1.29 is 0 Å². The summed E-state index contributed by atoms with van der Waals surface area (Å²) in [5, 5.41) is 3.17. The van der Waals surface area contributed by atoms with Gasteiger partial charge in [-0.1, -0.05) is 13.8 Å². The highest BCUT2D eigenvalue weighted by atomic mass is 15.1. The second-order valence-electron chi connectivity index (χ2n) is 6.60. The van der Waals surface area contributed by atoms with Crippen LogP contribution in [0.4, 0.5) is 5.69 Å². The van der Waals surface area contributed by atoms with Gasteiger partial charge >= 0.3 is 0 Å². The quantitative estimate of drug-likeness (QED) is 0.899. The number of hydrogen-bond donors (Lipinski definition) is 1. The average molecular weight is 261 g/mol. The van der Waals surface area contributed by atoms with Crippen molar-refractivity contribution in [2.45, 2.75) is 52.1 Å². The molecule has 1 aliphatic rings. The van der Waals surface area contributed by atoms with Crippen LogP contribution in [0.1, 0.15) is 45.2 Å². The first-order chi connectivity index (χ1) is 9.00. The molecule has 19 heavy (non-hydrogen) atoms. The lowest BCUT2D eigenvalue weighted by Crippen LogP contribution is -2.36. The molecule has 3 heteroatoms. The molecule has 0 aliphatic heterocycles. The first-order valence-electron chi connectivity index (χ1n) is 7.33. The third-order valence-electron chi connectivity index (χ3n) is 4.45. The Morgan fingerprint density at radius 2 is 2.05 bits per heavy atom. The average Bonchev–Trinajstić information content (AvgIpc) is 2.38. The molecular formula is C16H27N3. The highest BCUT2D eigenvalue weighted by molar-refractivity contribution is 5.42. The first-order valence-corrected chi connectivity index (χ1v) is 7.33. The second kappa shape index (κ2) is 5.91. The molecular weight excluding hydrogens is 234 g/mol. The first kappa shape index (κ1) is 14.3. The Bertz CT molecular complexity index is 404. The molecule has 2 rings (SSSR count). The lowest BCUT2D eigenvalue weighted by atomic mass is 9.75. The van der Waals surface area contributed by atoms with E-state index in [2.05, 4.69) is 42.2 Å². The summed E-state index contributed by atoms with van der Waals surface area (Å²) in [6.45, 7) is 5.73. The van der Waals surface area contributed by atoms with Crippen LogP contribution in [0, 0.1) is 5.41 Å². The molecule has 1 aromatic heterocycles. The van der Waals surface area contributed by atoms with Crippen molar-refractivity contribution in [1.82, 2.24) is 9.88 Å². The van der Waals surface area contributed by atoms with Crippen LogP contribution in [0.2, 0.25) is 0 Å². The fourth-order valence-corrected chi connectivity index (χ4v) is 2.93. The third kappa shape index (κ3) is 3.93. The maximum Gasteiger partial charge on any atom is 0.0564 e. The fraction of sp³-hybridized carbons (Fsp3) is 0.688. The number of hydrogen-bond acceptors (Lipinski definition) is 3. The zero-order valence-corrected chi connectivity index (χ0v) is 12.7. The molecule has 0 radical (unpaired) electrons. The van der Waals surface area contributed by atoms with E-state index in [0.29, 0.717) is 11.5 Å². The molecule has 0 amide bonds. The number of aromatic nitrogens is 1. The summed E-state index contributed by atoms with van der Waals surface area (Å²) in [6.07, 6.45) is 7.20. The molecule has 0 bridgehead atoms. The molecule has 1 aliphatic carbocycles. The number of nitrogens with zero attached hydrogens (tertiary/aromatic N) is 2. The molecule has 0 unspecified atom stereocenters. The molecule has 3 nitrogen and oxygen atoms in total. The van der Waals surface area contributed by atoms with Crippen LogP contribution < -0.4 is 5.32 Å². The number of pyridine rings is 1. The number of rotatable bonds is 4. The molecule has 106 valence electrons. The Kier molecular flexibility index (Phi) is 4.46. The largest absolute Gasteiger partial charge is 0.388 e. The van der Waals surface area contributed by atoms with Gasteiger partial charge in [0.05, 0.1) is 5.69 Å². The van der Waals surface area contributed by atoms with Gasteiger partial charge in [-0.15, -0.1) is 0 Å². The van der Waals surface area contributed by atoms with E-state index in [4.69, 9.17) is 0 Å². The minimum atomic E-state index is 0.543. The predicted molar refractivity (Wildman–Crippen MR) is 81.3 cm³/mol. The van der Waals surface area contributed by atoms with Gasteiger partial charge in [-0.25, -0.2) is 0 Å². The third-order valence-corrected chi connectivity index (χ3v) is 4.45. The summed E-state index contributed by atoms with van der Waals surface area (Å²) in [5.74, 6) is 0. The molecule has 1 fully saturated rings. The maximum absolute atomic E-state index is 4.47. The second-order valence-corrected chi connectivity index (χ2v) is 6.60. The van der Waals surface area contributed by atoms with E-state index in [0.717, 1.165) is 17.9 Å². The van der Waals surface area contributed by atoms with Gasteiger partial charge in [0.1, 0.15) is 0 Å². The smallest absolute Gasteiger partial charge is 0.0564 e. The van der Waals surface area contributed by atoms with E-state index >= 15 is 0 Å². The standard InChI is InChI=1S/C16H27N3/c1-16(2)8-5-15(6-9-16)19(4)12-14-11-13(17-3)7-10-18-14/h7,10-11,15H,5-6,8-9,12H2,1-4H3,(H,17,18). The fourth-order valence-electron chi connectivity index (χ4n) is 2.93. The van der Waals surface area contributed by atoms with Crippen molar-refractivity contribution >= 4 is 5.69 Å². The zero-order chi connectivity index (χ0) is 13.9. The van der Waals surface area contributed by atoms with Gasteiger partial charge in [0.15, 0.2) is 0 Å². The molecule has 0 aromatic carbocycles. The summed E-state index contributed by atoms with van der Waals surface area (Å²) in [7, 11) is 4.18. The Hall–Kier alpha value is -1.09. The van der Waals surface area contributed by atoms with Crippen molar-refractivity contribution in [1.29, 1.82) is 0 Å². The normalized spacial score (nSPS) is 19.6.